The third-order valence-corrected chi connectivity index (χ3v) is 7.79. The zero-order chi connectivity index (χ0) is 30.5. The second-order valence-electron chi connectivity index (χ2n) is 10.5. The second-order valence-corrected chi connectivity index (χ2v) is 11.4. The van der Waals surface area contributed by atoms with E-state index >= 15 is 0 Å². The molecule has 0 fully saturated rings. The molecule has 2 aromatic heterocycles. The quantitative estimate of drug-likeness (QED) is 0.165. The van der Waals surface area contributed by atoms with Crippen LogP contribution >= 0.6 is 15.9 Å². The van der Waals surface area contributed by atoms with E-state index < -0.39 is 0 Å². The predicted octanol–water partition coefficient (Wildman–Crippen LogP) is 7.12. The Morgan fingerprint density at radius 3 is 2.56 bits per heavy atom. The van der Waals surface area contributed by atoms with Crippen LogP contribution in [0.3, 0.4) is 0 Å². The van der Waals surface area contributed by atoms with Crippen molar-refractivity contribution in [2.24, 2.45) is 5.10 Å². The SMILES string of the molecule is CCCCc1nc2ccc(Br)cc2c(=O)n1N=Cc1cc(C)n(-c2ccc(OCC(=O)Nc3ccccc3C)cc2)c1C. The molecule has 0 unspecified atom stereocenters. The number of nitrogens with zero attached hydrogens (tertiary/aromatic N) is 4. The van der Waals surface area contributed by atoms with E-state index in [1.807, 2.05) is 87.5 Å². The summed E-state index contributed by atoms with van der Waals surface area (Å²) in [5, 5.41) is 8.04. The molecule has 0 aliphatic heterocycles. The molecule has 1 amide bonds. The van der Waals surface area contributed by atoms with E-state index in [1.54, 1.807) is 12.3 Å². The Bertz CT molecular complexity index is 1870. The number of anilines is 1. The maximum absolute atomic E-state index is 13.4. The molecule has 3 aromatic carbocycles. The molecule has 5 aromatic rings. The number of halogens is 1. The maximum Gasteiger partial charge on any atom is 0.282 e. The summed E-state index contributed by atoms with van der Waals surface area (Å²) in [5.74, 6) is 1.03. The molecule has 0 radical (unpaired) electrons. The number of hydrogen-bond donors (Lipinski definition) is 1. The van der Waals surface area contributed by atoms with Crippen LogP contribution in [-0.2, 0) is 11.2 Å². The third kappa shape index (κ3) is 6.78. The fraction of sp³-hybridized carbons (Fsp3) is 0.235. The second kappa shape index (κ2) is 13.2. The number of hydrogen-bond acceptors (Lipinski definition) is 5. The van der Waals surface area contributed by atoms with Crippen molar-refractivity contribution in [3.05, 3.63) is 116 Å². The lowest BCUT2D eigenvalue weighted by atomic mass is 10.2. The van der Waals surface area contributed by atoms with E-state index in [0.717, 1.165) is 51.2 Å². The van der Waals surface area contributed by atoms with E-state index in [0.29, 0.717) is 28.9 Å². The molecule has 0 saturated heterocycles. The van der Waals surface area contributed by atoms with Gasteiger partial charge >= 0.3 is 0 Å². The average molecular weight is 641 g/mol. The summed E-state index contributed by atoms with van der Waals surface area (Å²) < 4.78 is 10.1. The molecule has 0 spiro atoms. The van der Waals surface area contributed by atoms with E-state index in [-0.39, 0.29) is 18.1 Å². The van der Waals surface area contributed by atoms with Gasteiger partial charge in [0.25, 0.3) is 11.5 Å². The number of carbonyl (C=O) groups is 1. The third-order valence-electron chi connectivity index (χ3n) is 7.30. The highest BCUT2D eigenvalue weighted by Gasteiger charge is 2.13. The average Bonchev–Trinajstić information content (AvgIpc) is 3.28. The molecule has 0 aliphatic rings. The van der Waals surface area contributed by atoms with Gasteiger partial charge in [-0.1, -0.05) is 47.5 Å². The number of ether oxygens (including phenoxy) is 1. The molecular weight excluding hydrogens is 606 g/mol. The van der Waals surface area contributed by atoms with E-state index in [1.165, 1.54) is 4.68 Å². The summed E-state index contributed by atoms with van der Waals surface area (Å²) in [4.78, 5) is 30.6. The molecule has 220 valence electrons. The van der Waals surface area contributed by atoms with Crippen molar-refractivity contribution in [1.82, 2.24) is 14.2 Å². The number of benzene rings is 3. The molecule has 9 heteroatoms. The number of aromatic nitrogens is 3. The van der Waals surface area contributed by atoms with Crippen molar-refractivity contribution >= 4 is 44.6 Å². The Labute approximate surface area is 259 Å². The van der Waals surface area contributed by atoms with Gasteiger partial charge in [0.15, 0.2) is 6.61 Å². The van der Waals surface area contributed by atoms with Crippen LogP contribution < -0.4 is 15.6 Å². The topological polar surface area (TPSA) is 90.5 Å². The fourth-order valence-electron chi connectivity index (χ4n) is 4.99. The minimum Gasteiger partial charge on any atom is -0.484 e. The molecule has 0 saturated carbocycles. The van der Waals surface area contributed by atoms with Crippen LogP contribution in [0.2, 0.25) is 0 Å². The number of para-hydroxylation sites is 1. The zero-order valence-electron chi connectivity index (χ0n) is 24.7. The summed E-state index contributed by atoms with van der Waals surface area (Å²) in [6.07, 6.45) is 4.29. The predicted molar refractivity (Wildman–Crippen MR) is 176 cm³/mol. The number of carbonyl (C=O) groups excluding carboxylic acids is 1. The summed E-state index contributed by atoms with van der Waals surface area (Å²) in [6.45, 7) is 8.02. The van der Waals surface area contributed by atoms with Crippen LogP contribution in [0.5, 0.6) is 5.75 Å². The van der Waals surface area contributed by atoms with Gasteiger partial charge in [-0.25, -0.2) is 4.98 Å². The van der Waals surface area contributed by atoms with Crippen molar-refractivity contribution < 1.29 is 9.53 Å². The standard InChI is InChI=1S/C34H34BrN5O3/c1-5-6-11-32-37-31-17-12-26(35)19-29(31)34(42)40(32)36-20-25-18-23(3)39(24(25)4)27-13-15-28(16-14-27)43-21-33(41)38-30-10-8-7-9-22(30)2/h7-10,12-20H,5-6,11,21H2,1-4H3,(H,38,41). The van der Waals surface area contributed by atoms with Crippen LogP contribution in [0, 0.1) is 20.8 Å². The monoisotopic (exact) mass is 639 g/mol. The lowest BCUT2D eigenvalue weighted by molar-refractivity contribution is -0.118. The number of unbranched alkanes of at least 4 members (excludes halogenated alkanes) is 1. The zero-order valence-corrected chi connectivity index (χ0v) is 26.3. The first-order valence-corrected chi connectivity index (χ1v) is 15.1. The molecule has 2 heterocycles. The van der Waals surface area contributed by atoms with Gasteiger partial charge < -0.3 is 14.6 Å². The largest absolute Gasteiger partial charge is 0.484 e. The Kier molecular flexibility index (Phi) is 9.21. The Morgan fingerprint density at radius 1 is 1.05 bits per heavy atom. The van der Waals surface area contributed by atoms with E-state index in [9.17, 15) is 9.59 Å². The Balaban J connectivity index is 1.35. The first-order valence-electron chi connectivity index (χ1n) is 14.3. The minimum absolute atomic E-state index is 0.0872. The van der Waals surface area contributed by atoms with Gasteiger partial charge in [0.05, 0.1) is 17.1 Å². The van der Waals surface area contributed by atoms with Gasteiger partial charge in [-0.15, -0.1) is 0 Å². The lowest BCUT2D eigenvalue weighted by Crippen LogP contribution is -2.22. The Hall–Kier alpha value is -4.50. The highest BCUT2D eigenvalue weighted by atomic mass is 79.9. The normalized spacial score (nSPS) is 11.4. The summed E-state index contributed by atoms with van der Waals surface area (Å²) >= 11 is 3.46. The number of aryl methyl sites for hydroxylation is 3. The van der Waals surface area contributed by atoms with Gasteiger partial charge in [-0.2, -0.15) is 9.78 Å². The van der Waals surface area contributed by atoms with Crippen LogP contribution in [-0.4, -0.2) is 33.0 Å². The van der Waals surface area contributed by atoms with Crippen molar-refractivity contribution in [1.29, 1.82) is 0 Å². The molecule has 43 heavy (non-hydrogen) atoms. The first-order chi connectivity index (χ1) is 20.7. The summed E-state index contributed by atoms with van der Waals surface area (Å²) in [6, 6.07) is 22.8. The van der Waals surface area contributed by atoms with E-state index in [2.05, 4.69) is 37.8 Å². The van der Waals surface area contributed by atoms with Gasteiger partial charge in [0.1, 0.15) is 11.6 Å². The van der Waals surface area contributed by atoms with Gasteiger partial charge in [0.2, 0.25) is 0 Å². The number of rotatable bonds is 10. The van der Waals surface area contributed by atoms with Crippen LogP contribution in [0.25, 0.3) is 16.6 Å². The van der Waals surface area contributed by atoms with Gasteiger partial charge in [0, 0.05) is 39.2 Å². The van der Waals surface area contributed by atoms with E-state index in [4.69, 9.17) is 9.72 Å². The van der Waals surface area contributed by atoms with Crippen molar-refractivity contribution in [2.75, 3.05) is 11.9 Å². The molecular formula is C34H34BrN5O3. The lowest BCUT2D eigenvalue weighted by Gasteiger charge is -2.12. The highest BCUT2D eigenvalue weighted by molar-refractivity contribution is 9.10. The molecule has 0 atom stereocenters. The number of nitrogens with one attached hydrogen (secondary N) is 1. The highest BCUT2D eigenvalue weighted by Crippen LogP contribution is 2.23. The van der Waals surface area contributed by atoms with Crippen LogP contribution in [0.1, 0.15) is 48.1 Å². The molecule has 1 N–H and O–H groups in total. The summed E-state index contributed by atoms with van der Waals surface area (Å²) in [7, 11) is 0. The van der Waals surface area contributed by atoms with Crippen LogP contribution in [0.4, 0.5) is 5.69 Å². The van der Waals surface area contributed by atoms with Crippen molar-refractivity contribution in [3.63, 3.8) is 0 Å². The molecule has 5 rings (SSSR count). The fourth-order valence-corrected chi connectivity index (χ4v) is 5.35. The number of amides is 1. The van der Waals surface area contributed by atoms with Gasteiger partial charge in [-0.3, -0.25) is 9.59 Å². The first kappa shape index (κ1) is 30.0. The molecule has 8 nitrogen and oxygen atoms in total. The smallest absolute Gasteiger partial charge is 0.282 e. The maximum atomic E-state index is 13.4. The molecule has 0 bridgehead atoms. The Morgan fingerprint density at radius 2 is 1.81 bits per heavy atom. The van der Waals surface area contributed by atoms with Crippen molar-refractivity contribution in [2.45, 2.75) is 47.0 Å². The molecule has 0 aliphatic carbocycles. The summed E-state index contributed by atoms with van der Waals surface area (Å²) in [5.41, 5.74) is 6.09. The van der Waals surface area contributed by atoms with Gasteiger partial charge in [-0.05, 0) is 87.4 Å². The van der Waals surface area contributed by atoms with Crippen LogP contribution in [0.15, 0.2) is 87.2 Å². The minimum atomic E-state index is -0.217. The van der Waals surface area contributed by atoms with Crippen molar-refractivity contribution in [3.8, 4) is 11.4 Å². The number of fused-ring (bicyclic) bond motifs is 1.